The predicted octanol–water partition coefficient (Wildman–Crippen LogP) is 2.59. The van der Waals surface area contributed by atoms with E-state index in [4.69, 9.17) is 4.74 Å². The van der Waals surface area contributed by atoms with Gasteiger partial charge in [0.05, 0.1) is 6.04 Å². The highest BCUT2D eigenvalue weighted by Crippen LogP contribution is 2.23. The maximum Gasteiger partial charge on any atom is 0.407 e. The van der Waals surface area contributed by atoms with E-state index in [-0.39, 0.29) is 18.0 Å². The number of hydrogen-bond acceptors (Lipinski definition) is 4. The first-order valence-electron chi connectivity index (χ1n) is 8.94. The number of amides is 1. The average molecular weight is 378 g/mol. The van der Waals surface area contributed by atoms with Crippen molar-refractivity contribution in [1.82, 2.24) is 13.9 Å². The lowest BCUT2D eigenvalue weighted by molar-refractivity contribution is 0.0454. The molecule has 25 heavy (non-hydrogen) atoms. The molecule has 1 aliphatic rings. The average Bonchev–Trinajstić information content (AvgIpc) is 2.44. The van der Waals surface area contributed by atoms with E-state index >= 15 is 0 Å². The second-order valence-corrected chi connectivity index (χ2v) is 10.8. The standard InChI is InChI=1S/C17H35N3O4S/c1-16(2,3)14(18-15(21)24-17(4,5)6)13-19(7)25(22,23)20-11-9-8-10-12-20/h14H,8-13H2,1-7H3,(H,18,21)/t14-/m0/s1. The molecule has 0 saturated carbocycles. The number of carbonyl (C=O) groups is 1. The van der Waals surface area contributed by atoms with Gasteiger partial charge in [-0.05, 0) is 39.0 Å². The monoisotopic (exact) mass is 377 g/mol. The van der Waals surface area contributed by atoms with Crippen molar-refractivity contribution in [1.29, 1.82) is 0 Å². The molecule has 8 heteroatoms. The van der Waals surface area contributed by atoms with Crippen molar-refractivity contribution in [2.24, 2.45) is 5.41 Å². The molecule has 7 nitrogen and oxygen atoms in total. The highest BCUT2D eigenvalue weighted by atomic mass is 32.2. The molecule has 0 bridgehead atoms. The molecule has 1 amide bonds. The predicted molar refractivity (Wildman–Crippen MR) is 99.6 cm³/mol. The Morgan fingerprint density at radius 3 is 2.08 bits per heavy atom. The number of rotatable bonds is 5. The SMILES string of the molecule is CN(C[C@H](NC(=O)OC(C)(C)C)C(C)(C)C)S(=O)(=O)N1CCCCC1. The maximum atomic E-state index is 12.8. The Morgan fingerprint density at radius 1 is 1.12 bits per heavy atom. The lowest BCUT2D eigenvalue weighted by atomic mass is 9.87. The van der Waals surface area contributed by atoms with Gasteiger partial charge in [0.25, 0.3) is 10.2 Å². The molecule has 0 aromatic rings. The Bertz CT molecular complexity index is 543. The summed E-state index contributed by atoms with van der Waals surface area (Å²) in [7, 11) is -1.94. The van der Waals surface area contributed by atoms with E-state index in [0.29, 0.717) is 13.1 Å². The second-order valence-electron chi connectivity index (χ2n) is 8.81. The first kappa shape index (κ1) is 22.2. The third-order valence-corrected chi connectivity index (χ3v) is 6.17. The van der Waals surface area contributed by atoms with Crippen LogP contribution in [0.25, 0.3) is 0 Å². The van der Waals surface area contributed by atoms with Gasteiger partial charge in [-0.3, -0.25) is 0 Å². The van der Waals surface area contributed by atoms with Gasteiger partial charge < -0.3 is 10.1 Å². The molecule has 1 fully saturated rings. The summed E-state index contributed by atoms with van der Waals surface area (Å²) in [5.74, 6) is 0. The van der Waals surface area contributed by atoms with E-state index in [1.807, 2.05) is 20.8 Å². The largest absolute Gasteiger partial charge is 0.444 e. The second kappa shape index (κ2) is 8.22. The molecule has 1 atom stereocenters. The van der Waals surface area contributed by atoms with E-state index in [2.05, 4.69) is 5.32 Å². The van der Waals surface area contributed by atoms with Crippen LogP contribution in [0, 0.1) is 5.41 Å². The molecular formula is C17H35N3O4S. The third kappa shape index (κ3) is 7.11. The number of nitrogens with zero attached hydrogens (tertiary/aromatic N) is 2. The van der Waals surface area contributed by atoms with Gasteiger partial charge in [-0.2, -0.15) is 17.0 Å². The number of likely N-dealkylation sites (N-methyl/N-ethyl adjacent to an activating group) is 1. The topological polar surface area (TPSA) is 79.0 Å². The fraction of sp³-hybridized carbons (Fsp3) is 0.941. The summed E-state index contributed by atoms with van der Waals surface area (Å²) in [6, 6.07) is -0.369. The van der Waals surface area contributed by atoms with Gasteiger partial charge in [0.15, 0.2) is 0 Å². The maximum absolute atomic E-state index is 12.8. The minimum atomic E-state index is -3.51. The fourth-order valence-corrected chi connectivity index (χ4v) is 4.08. The van der Waals surface area contributed by atoms with E-state index in [1.54, 1.807) is 27.8 Å². The normalized spacial score (nSPS) is 18.9. The van der Waals surface area contributed by atoms with Crippen molar-refractivity contribution in [3.8, 4) is 0 Å². The van der Waals surface area contributed by atoms with Crippen LogP contribution in [0.2, 0.25) is 0 Å². The van der Waals surface area contributed by atoms with Crippen molar-refractivity contribution in [3.63, 3.8) is 0 Å². The molecule has 0 aliphatic carbocycles. The minimum Gasteiger partial charge on any atom is -0.444 e. The molecule has 0 radical (unpaired) electrons. The van der Waals surface area contributed by atoms with Crippen molar-refractivity contribution in [2.75, 3.05) is 26.7 Å². The molecule has 148 valence electrons. The van der Waals surface area contributed by atoms with Crippen LogP contribution in [0.1, 0.15) is 60.8 Å². The number of piperidine rings is 1. The van der Waals surface area contributed by atoms with Crippen LogP contribution >= 0.6 is 0 Å². The summed E-state index contributed by atoms with van der Waals surface area (Å²) in [4.78, 5) is 12.1. The van der Waals surface area contributed by atoms with Gasteiger partial charge in [-0.25, -0.2) is 4.79 Å². The molecule has 1 N–H and O–H groups in total. The number of nitrogens with one attached hydrogen (secondary N) is 1. The van der Waals surface area contributed by atoms with Crippen LogP contribution in [0.3, 0.4) is 0 Å². The highest BCUT2D eigenvalue weighted by Gasteiger charge is 2.34. The van der Waals surface area contributed by atoms with Crippen LogP contribution in [-0.4, -0.2) is 61.4 Å². The van der Waals surface area contributed by atoms with Crippen LogP contribution in [0.5, 0.6) is 0 Å². The Balaban J connectivity index is 2.82. The summed E-state index contributed by atoms with van der Waals surface area (Å²) in [5.41, 5.74) is -0.916. The number of alkyl carbamates (subject to hydrolysis) is 1. The van der Waals surface area contributed by atoms with E-state index in [9.17, 15) is 13.2 Å². The number of ether oxygens (including phenoxy) is 1. The van der Waals surface area contributed by atoms with Gasteiger partial charge >= 0.3 is 6.09 Å². The minimum absolute atomic E-state index is 0.196. The summed E-state index contributed by atoms with van der Waals surface area (Å²) in [6.07, 6.45) is 2.33. The molecule has 0 aromatic heterocycles. The van der Waals surface area contributed by atoms with Gasteiger partial charge in [-0.1, -0.05) is 27.2 Å². The van der Waals surface area contributed by atoms with Crippen LogP contribution < -0.4 is 5.32 Å². The van der Waals surface area contributed by atoms with E-state index in [1.165, 1.54) is 8.61 Å². The molecule has 1 rings (SSSR count). The number of carbonyl (C=O) groups excluding carboxylic acids is 1. The first-order valence-corrected chi connectivity index (χ1v) is 10.3. The molecule has 0 unspecified atom stereocenters. The van der Waals surface area contributed by atoms with Gasteiger partial charge in [-0.15, -0.1) is 0 Å². The first-order chi connectivity index (χ1) is 11.2. The number of hydrogen-bond donors (Lipinski definition) is 1. The zero-order valence-corrected chi connectivity index (χ0v) is 17.6. The molecule has 0 spiro atoms. The fourth-order valence-electron chi connectivity index (χ4n) is 2.63. The Morgan fingerprint density at radius 2 is 1.64 bits per heavy atom. The van der Waals surface area contributed by atoms with Crippen molar-refractivity contribution >= 4 is 16.3 Å². The summed E-state index contributed by atoms with van der Waals surface area (Å²) in [5, 5.41) is 2.83. The molecular weight excluding hydrogens is 342 g/mol. The van der Waals surface area contributed by atoms with Crippen LogP contribution in [-0.2, 0) is 14.9 Å². The lowest BCUT2D eigenvalue weighted by Gasteiger charge is -2.37. The summed E-state index contributed by atoms with van der Waals surface area (Å²) < 4.78 is 33.7. The smallest absolute Gasteiger partial charge is 0.407 e. The van der Waals surface area contributed by atoms with Crippen LogP contribution in [0.15, 0.2) is 0 Å². The lowest BCUT2D eigenvalue weighted by Crippen LogP contribution is -2.54. The zero-order chi connectivity index (χ0) is 19.5. The zero-order valence-electron chi connectivity index (χ0n) is 16.8. The van der Waals surface area contributed by atoms with Gasteiger partial charge in [0, 0.05) is 26.7 Å². The Labute approximate surface area is 153 Å². The van der Waals surface area contributed by atoms with Crippen molar-refractivity contribution in [2.45, 2.75) is 72.4 Å². The third-order valence-electron chi connectivity index (χ3n) is 4.21. The van der Waals surface area contributed by atoms with E-state index in [0.717, 1.165) is 19.3 Å². The van der Waals surface area contributed by atoms with Crippen molar-refractivity contribution < 1.29 is 17.9 Å². The van der Waals surface area contributed by atoms with E-state index < -0.39 is 21.9 Å². The summed E-state index contributed by atoms with van der Waals surface area (Å²) in [6.45, 7) is 12.6. The van der Waals surface area contributed by atoms with Crippen LogP contribution in [0.4, 0.5) is 4.79 Å². The van der Waals surface area contributed by atoms with Gasteiger partial charge in [0.1, 0.15) is 5.60 Å². The summed E-state index contributed by atoms with van der Waals surface area (Å²) >= 11 is 0. The molecule has 1 aliphatic heterocycles. The Hall–Kier alpha value is -0.860. The quantitative estimate of drug-likeness (QED) is 0.799. The Kier molecular flexibility index (Phi) is 7.30. The molecule has 1 heterocycles. The molecule has 0 aromatic carbocycles. The van der Waals surface area contributed by atoms with Gasteiger partial charge in [0.2, 0.25) is 0 Å². The van der Waals surface area contributed by atoms with Crippen molar-refractivity contribution in [3.05, 3.63) is 0 Å². The molecule has 1 saturated heterocycles. The highest BCUT2D eigenvalue weighted by molar-refractivity contribution is 7.86.